The molecule has 0 N–H and O–H groups in total. The summed E-state index contributed by atoms with van der Waals surface area (Å²) < 4.78 is 8.01. The van der Waals surface area contributed by atoms with Crippen molar-refractivity contribution in [1.82, 2.24) is 4.67 Å². The Morgan fingerprint density at radius 2 is 1.92 bits per heavy atom. The highest BCUT2D eigenvalue weighted by Crippen LogP contribution is 2.56. The molecule has 0 aromatic rings. The maximum atomic E-state index is 6.11. The van der Waals surface area contributed by atoms with Crippen LogP contribution in [0.5, 0.6) is 0 Å². The second-order valence-electron chi connectivity index (χ2n) is 4.00. The molecule has 2 fully saturated rings. The van der Waals surface area contributed by atoms with Gasteiger partial charge in [0.2, 0.25) is 7.65 Å². The van der Waals surface area contributed by atoms with Gasteiger partial charge in [-0.05, 0) is 31.1 Å². The second kappa shape index (κ2) is 4.44. The maximum Gasteiger partial charge on any atom is 0.207 e. The predicted molar refractivity (Wildman–Crippen MR) is 56.9 cm³/mol. The van der Waals surface area contributed by atoms with Crippen molar-refractivity contribution in [2.75, 3.05) is 7.05 Å². The molecule has 1 saturated carbocycles. The average molecular weight is 222 g/mol. The zero-order chi connectivity index (χ0) is 9.26. The van der Waals surface area contributed by atoms with E-state index in [-0.39, 0.29) is 0 Å². The molecule has 13 heavy (non-hydrogen) atoms. The van der Waals surface area contributed by atoms with Crippen molar-refractivity contribution in [1.29, 1.82) is 0 Å². The fraction of sp³-hybridized carbons (Fsp3) is 1.00. The van der Waals surface area contributed by atoms with Gasteiger partial charge in [0, 0.05) is 6.04 Å². The quantitative estimate of drug-likeness (QED) is 0.581. The molecule has 0 aromatic carbocycles. The molecule has 1 heterocycles. The van der Waals surface area contributed by atoms with E-state index in [0.717, 1.165) is 0 Å². The summed E-state index contributed by atoms with van der Waals surface area (Å²) in [6.07, 6.45) is 8.32. The number of likely N-dealkylation sites (N-methyl/N-ethyl adjacent to an activating group) is 1. The molecule has 1 aliphatic heterocycles. The molecule has 1 aliphatic carbocycles. The molecule has 0 radical (unpaired) electrons. The zero-order valence-corrected chi connectivity index (χ0v) is 9.73. The minimum Gasteiger partial charge on any atom is -0.326 e. The van der Waals surface area contributed by atoms with Gasteiger partial charge >= 0.3 is 0 Å². The molecule has 76 valence electrons. The van der Waals surface area contributed by atoms with E-state index in [1.54, 1.807) is 0 Å². The van der Waals surface area contributed by atoms with Gasteiger partial charge in [0.25, 0.3) is 0 Å². The van der Waals surface area contributed by atoms with E-state index < -0.39 is 7.65 Å². The van der Waals surface area contributed by atoms with Gasteiger partial charge in [-0.1, -0.05) is 25.7 Å². The van der Waals surface area contributed by atoms with Crippen molar-refractivity contribution in [3.05, 3.63) is 0 Å². The third kappa shape index (κ3) is 2.18. The number of fused-ring (bicyclic) bond motifs is 1. The molecular weight excluding hydrogens is 205 g/mol. The van der Waals surface area contributed by atoms with Crippen LogP contribution in [0.4, 0.5) is 0 Å². The lowest BCUT2D eigenvalue weighted by molar-refractivity contribution is 0.170. The Kier molecular flexibility index (Phi) is 3.47. The van der Waals surface area contributed by atoms with E-state index in [1.165, 1.54) is 38.5 Å². The molecule has 0 bridgehead atoms. The molecule has 2 aliphatic rings. The molecule has 2 nitrogen and oxygen atoms in total. The van der Waals surface area contributed by atoms with Crippen molar-refractivity contribution in [3.63, 3.8) is 0 Å². The SMILES string of the molecule is CN1[C@H]2CCCCCC[C@@H]2OP1Cl. The summed E-state index contributed by atoms with van der Waals surface area (Å²) in [4.78, 5) is 0. The standard InChI is InChI=1S/C9H17ClNOP/c1-11-8-6-4-2-3-5-7-9(8)12-13(11)10/h8-9H,2-7H2,1H3/t8-,9-,13?/m0/s1. The van der Waals surface area contributed by atoms with Gasteiger partial charge in [-0.25, -0.2) is 4.67 Å². The van der Waals surface area contributed by atoms with Crippen LogP contribution in [0.15, 0.2) is 0 Å². The fourth-order valence-electron chi connectivity index (χ4n) is 2.28. The third-order valence-corrected chi connectivity index (χ3v) is 5.31. The highest BCUT2D eigenvalue weighted by atomic mass is 35.7. The second-order valence-corrected chi connectivity index (χ2v) is 6.16. The van der Waals surface area contributed by atoms with Crippen LogP contribution in [0.25, 0.3) is 0 Å². The molecule has 2 rings (SSSR count). The average Bonchev–Trinajstić information content (AvgIpc) is 2.31. The number of nitrogens with zero attached hydrogens (tertiary/aromatic N) is 1. The van der Waals surface area contributed by atoms with Crippen LogP contribution in [0.2, 0.25) is 0 Å². The summed E-state index contributed by atoms with van der Waals surface area (Å²) in [5, 5.41) is 0. The first-order chi connectivity index (χ1) is 6.29. The first-order valence-corrected chi connectivity index (χ1v) is 7.26. The number of hydrogen-bond donors (Lipinski definition) is 0. The van der Waals surface area contributed by atoms with Gasteiger partial charge < -0.3 is 4.52 Å². The van der Waals surface area contributed by atoms with E-state index in [2.05, 4.69) is 11.7 Å². The Labute approximate surface area is 86.3 Å². The van der Waals surface area contributed by atoms with Crippen molar-refractivity contribution in [2.45, 2.75) is 50.7 Å². The largest absolute Gasteiger partial charge is 0.326 e. The maximum absolute atomic E-state index is 6.11. The summed E-state index contributed by atoms with van der Waals surface area (Å²) >= 11 is 6.11. The Morgan fingerprint density at radius 3 is 2.69 bits per heavy atom. The first-order valence-electron chi connectivity index (χ1n) is 5.14. The Bertz CT molecular complexity index is 181. The number of halogens is 1. The van der Waals surface area contributed by atoms with Crippen LogP contribution in [0.3, 0.4) is 0 Å². The van der Waals surface area contributed by atoms with Crippen molar-refractivity contribution >= 4 is 18.9 Å². The normalized spacial score (nSPS) is 42.5. The van der Waals surface area contributed by atoms with Gasteiger partial charge in [0.15, 0.2) is 0 Å². The van der Waals surface area contributed by atoms with Crippen LogP contribution < -0.4 is 0 Å². The fourth-order valence-corrected chi connectivity index (χ4v) is 4.04. The lowest BCUT2D eigenvalue weighted by Crippen LogP contribution is -2.31. The smallest absolute Gasteiger partial charge is 0.207 e. The molecule has 0 spiro atoms. The zero-order valence-electron chi connectivity index (χ0n) is 8.08. The summed E-state index contributed by atoms with van der Waals surface area (Å²) in [6.45, 7) is 0. The van der Waals surface area contributed by atoms with Crippen LogP contribution in [0, 0.1) is 0 Å². The highest BCUT2D eigenvalue weighted by molar-refractivity contribution is 7.78. The van der Waals surface area contributed by atoms with Gasteiger partial charge in [-0.3, -0.25) is 0 Å². The molecular formula is C9H17ClNOP. The highest BCUT2D eigenvalue weighted by Gasteiger charge is 2.39. The van der Waals surface area contributed by atoms with E-state index >= 15 is 0 Å². The van der Waals surface area contributed by atoms with Gasteiger partial charge in [0.05, 0.1) is 6.10 Å². The minimum atomic E-state index is -0.795. The minimum absolute atomic E-state index is 0.425. The van der Waals surface area contributed by atoms with E-state index in [4.69, 9.17) is 15.8 Å². The Morgan fingerprint density at radius 1 is 1.23 bits per heavy atom. The molecule has 4 heteroatoms. The summed E-state index contributed by atoms with van der Waals surface area (Å²) in [6, 6.07) is 0.601. The summed E-state index contributed by atoms with van der Waals surface area (Å²) in [7, 11) is 1.31. The number of rotatable bonds is 0. The molecule has 0 amide bonds. The van der Waals surface area contributed by atoms with Crippen LogP contribution in [-0.4, -0.2) is 23.9 Å². The molecule has 0 aromatic heterocycles. The lowest BCUT2D eigenvalue weighted by Gasteiger charge is -2.24. The van der Waals surface area contributed by atoms with Gasteiger partial charge in [-0.15, -0.1) is 0 Å². The van der Waals surface area contributed by atoms with Crippen LogP contribution in [0.1, 0.15) is 38.5 Å². The van der Waals surface area contributed by atoms with E-state index in [0.29, 0.717) is 12.1 Å². The topological polar surface area (TPSA) is 12.5 Å². The molecule has 1 saturated heterocycles. The Balaban J connectivity index is 2.00. The van der Waals surface area contributed by atoms with Gasteiger partial charge in [0.1, 0.15) is 0 Å². The van der Waals surface area contributed by atoms with Crippen molar-refractivity contribution in [3.8, 4) is 0 Å². The van der Waals surface area contributed by atoms with Crippen LogP contribution in [-0.2, 0) is 4.52 Å². The van der Waals surface area contributed by atoms with E-state index in [1.807, 2.05) is 0 Å². The predicted octanol–water partition coefficient (Wildman–Crippen LogP) is 3.51. The lowest BCUT2D eigenvalue weighted by atomic mass is 9.94. The third-order valence-electron chi connectivity index (χ3n) is 3.12. The van der Waals surface area contributed by atoms with Crippen LogP contribution >= 0.6 is 18.9 Å². The van der Waals surface area contributed by atoms with Crippen molar-refractivity contribution < 1.29 is 4.52 Å². The molecule has 1 unspecified atom stereocenters. The summed E-state index contributed by atoms with van der Waals surface area (Å²) in [5.74, 6) is 0. The summed E-state index contributed by atoms with van der Waals surface area (Å²) in [5.41, 5.74) is 0. The Hall–Kier alpha value is 0.640. The number of hydrogen-bond acceptors (Lipinski definition) is 2. The first kappa shape index (κ1) is 10.2. The van der Waals surface area contributed by atoms with Gasteiger partial charge in [-0.2, -0.15) is 0 Å². The molecule has 3 atom stereocenters. The van der Waals surface area contributed by atoms with Crippen molar-refractivity contribution in [2.24, 2.45) is 0 Å². The monoisotopic (exact) mass is 221 g/mol. The van der Waals surface area contributed by atoms with E-state index in [9.17, 15) is 0 Å².